The van der Waals surface area contributed by atoms with Crippen molar-refractivity contribution in [2.45, 2.75) is 43.7 Å². The number of nitrogens with one attached hydrogen (secondary N) is 1. The molecule has 0 spiro atoms. The Balaban J connectivity index is 1.71. The zero-order valence-electron chi connectivity index (χ0n) is 18.9. The summed E-state index contributed by atoms with van der Waals surface area (Å²) in [7, 11) is -2.50. The molecule has 1 aliphatic rings. The predicted octanol–water partition coefficient (Wildman–Crippen LogP) is 5.02. The van der Waals surface area contributed by atoms with Crippen LogP contribution in [0, 0.1) is 11.7 Å². The van der Waals surface area contributed by atoms with E-state index in [4.69, 9.17) is 4.74 Å². The molecule has 2 aromatic rings. The first-order chi connectivity index (χ1) is 15.8. The van der Waals surface area contributed by atoms with Gasteiger partial charge in [0.2, 0.25) is 15.9 Å². The Morgan fingerprint density at radius 2 is 1.76 bits per heavy atom. The molecule has 3 rings (SSSR count). The number of halogens is 4. The summed E-state index contributed by atoms with van der Waals surface area (Å²) in [6.07, 6.45) is -4.52. The van der Waals surface area contributed by atoms with Crippen molar-refractivity contribution in [2.24, 2.45) is 5.92 Å². The van der Waals surface area contributed by atoms with Gasteiger partial charge in [-0.1, -0.05) is 19.9 Å². The summed E-state index contributed by atoms with van der Waals surface area (Å²) in [6, 6.07) is 7.24. The van der Waals surface area contributed by atoms with Gasteiger partial charge in [-0.2, -0.15) is 17.5 Å². The van der Waals surface area contributed by atoms with Gasteiger partial charge in [0.05, 0.1) is 12.7 Å². The zero-order chi connectivity index (χ0) is 25.3. The van der Waals surface area contributed by atoms with Gasteiger partial charge in [0.25, 0.3) is 0 Å². The molecule has 0 atom stereocenters. The van der Waals surface area contributed by atoms with E-state index in [2.05, 4.69) is 5.32 Å². The highest BCUT2D eigenvalue weighted by molar-refractivity contribution is 7.89. The van der Waals surface area contributed by atoms with Crippen LogP contribution in [0.3, 0.4) is 0 Å². The molecule has 0 bridgehead atoms. The van der Waals surface area contributed by atoms with Gasteiger partial charge < -0.3 is 10.1 Å². The van der Waals surface area contributed by atoms with Gasteiger partial charge in [0, 0.05) is 24.7 Å². The number of benzene rings is 2. The Morgan fingerprint density at radius 3 is 2.32 bits per heavy atom. The molecule has 0 radical (unpaired) electrons. The normalized spacial score (nSPS) is 16.0. The fourth-order valence-electron chi connectivity index (χ4n) is 3.82. The van der Waals surface area contributed by atoms with Gasteiger partial charge in [-0.15, -0.1) is 0 Å². The first kappa shape index (κ1) is 26.0. The maximum Gasteiger partial charge on any atom is 0.419 e. The molecule has 6 nitrogen and oxygen atoms in total. The molecule has 1 fully saturated rings. The van der Waals surface area contributed by atoms with Crippen molar-refractivity contribution in [3.63, 3.8) is 0 Å². The number of alkyl halides is 3. The molecule has 0 aromatic heterocycles. The number of nitrogens with zero attached hydrogens (tertiary/aromatic N) is 1. The lowest BCUT2D eigenvalue weighted by Crippen LogP contribution is -2.41. The van der Waals surface area contributed by atoms with Crippen LogP contribution < -0.4 is 10.1 Å². The minimum Gasteiger partial charge on any atom is -0.495 e. The van der Waals surface area contributed by atoms with E-state index >= 15 is 0 Å². The van der Waals surface area contributed by atoms with Gasteiger partial charge in [0.1, 0.15) is 16.5 Å². The number of ether oxygens (including phenoxy) is 1. The number of anilines is 1. The van der Waals surface area contributed by atoms with Gasteiger partial charge in [-0.05, 0) is 54.7 Å². The molecule has 0 saturated carbocycles. The first-order valence-corrected chi connectivity index (χ1v) is 12.1. The molecule has 1 N–H and O–H groups in total. The van der Waals surface area contributed by atoms with Crippen molar-refractivity contribution in [3.05, 3.63) is 53.3 Å². The van der Waals surface area contributed by atoms with Gasteiger partial charge in [0.15, 0.2) is 0 Å². The van der Waals surface area contributed by atoms with Crippen LogP contribution in [0.2, 0.25) is 0 Å². The van der Waals surface area contributed by atoms with E-state index in [0.717, 1.165) is 11.6 Å². The number of sulfonamides is 1. The number of carbonyl (C=O) groups excluding carboxylic acids is 1. The lowest BCUT2D eigenvalue weighted by Gasteiger charge is -2.31. The van der Waals surface area contributed by atoms with E-state index in [1.54, 1.807) is 18.2 Å². The fourth-order valence-corrected chi connectivity index (χ4v) is 5.48. The van der Waals surface area contributed by atoms with Gasteiger partial charge in [-0.25, -0.2) is 12.8 Å². The number of piperidine rings is 1. The molecule has 11 heteroatoms. The van der Waals surface area contributed by atoms with Crippen LogP contribution in [0.5, 0.6) is 5.75 Å². The van der Waals surface area contributed by atoms with E-state index in [0.29, 0.717) is 12.1 Å². The van der Waals surface area contributed by atoms with Crippen LogP contribution in [-0.2, 0) is 21.0 Å². The lowest BCUT2D eigenvalue weighted by molar-refractivity contribution is -0.140. The standard InChI is InChI=1S/C23H26F4N2O4S/c1-14(2)16-4-7-20(33-3)21(12-16)34(31,32)29-10-8-15(9-11-29)22(30)28-17-5-6-19(24)18(13-17)23(25,26)27/h4-7,12-15H,8-11H2,1-3H3,(H,28,30). The van der Waals surface area contributed by atoms with Crippen LogP contribution in [0.15, 0.2) is 41.3 Å². The number of carbonyl (C=O) groups is 1. The maximum absolute atomic E-state index is 13.5. The molecule has 2 aromatic carbocycles. The van der Waals surface area contributed by atoms with Crippen LogP contribution in [0.1, 0.15) is 43.7 Å². The number of amides is 1. The van der Waals surface area contributed by atoms with Crippen molar-refractivity contribution in [1.29, 1.82) is 0 Å². The summed E-state index contributed by atoms with van der Waals surface area (Å²) >= 11 is 0. The molecule has 1 amide bonds. The summed E-state index contributed by atoms with van der Waals surface area (Å²) in [4.78, 5) is 12.6. The minimum absolute atomic E-state index is 0.0510. The summed E-state index contributed by atoms with van der Waals surface area (Å²) in [5.41, 5.74) is -0.807. The highest BCUT2D eigenvalue weighted by Gasteiger charge is 2.36. The second-order valence-corrected chi connectivity index (χ2v) is 10.3. The summed E-state index contributed by atoms with van der Waals surface area (Å²) in [5.74, 6) is -2.24. The van der Waals surface area contributed by atoms with Crippen molar-refractivity contribution in [3.8, 4) is 5.75 Å². The molecule has 1 aliphatic heterocycles. The Hall–Kier alpha value is -2.66. The first-order valence-electron chi connectivity index (χ1n) is 10.7. The second kappa shape index (κ2) is 9.91. The Bertz CT molecular complexity index is 1160. The largest absolute Gasteiger partial charge is 0.495 e. The van der Waals surface area contributed by atoms with Crippen molar-refractivity contribution in [1.82, 2.24) is 4.31 Å². The quantitative estimate of drug-likeness (QED) is 0.563. The Morgan fingerprint density at radius 1 is 1.12 bits per heavy atom. The molecule has 186 valence electrons. The van der Waals surface area contributed by atoms with E-state index < -0.39 is 39.4 Å². The lowest BCUT2D eigenvalue weighted by atomic mass is 9.97. The highest BCUT2D eigenvalue weighted by Crippen LogP contribution is 2.34. The van der Waals surface area contributed by atoms with E-state index in [1.165, 1.54) is 11.4 Å². The highest BCUT2D eigenvalue weighted by atomic mass is 32.2. The van der Waals surface area contributed by atoms with Crippen molar-refractivity contribution >= 4 is 21.6 Å². The second-order valence-electron chi connectivity index (χ2n) is 8.42. The molecular weight excluding hydrogens is 476 g/mol. The number of methoxy groups -OCH3 is 1. The molecular formula is C23H26F4N2O4S. The topological polar surface area (TPSA) is 75.7 Å². The zero-order valence-corrected chi connectivity index (χ0v) is 19.8. The SMILES string of the molecule is COc1ccc(C(C)C)cc1S(=O)(=O)N1CCC(C(=O)Nc2ccc(F)c(C(F)(F)F)c2)CC1. The minimum atomic E-state index is -4.89. The van der Waals surface area contributed by atoms with Gasteiger partial charge >= 0.3 is 6.18 Å². The van der Waals surface area contributed by atoms with Crippen LogP contribution in [0.25, 0.3) is 0 Å². The molecule has 0 unspecified atom stereocenters. The third-order valence-corrected chi connectivity index (χ3v) is 7.76. The smallest absolute Gasteiger partial charge is 0.419 e. The number of hydrogen-bond donors (Lipinski definition) is 1. The summed E-state index contributed by atoms with van der Waals surface area (Å²) in [5, 5.41) is 2.38. The molecule has 34 heavy (non-hydrogen) atoms. The number of hydrogen-bond acceptors (Lipinski definition) is 4. The maximum atomic E-state index is 13.5. The predicted molar refractivity (Wildman–Crippen MR) is 119 cm³/mol. The fraction of sp³-hybridized carbons (Fsp3) is 0.435. The van der Waals surface area contributed by atoms with Crippen LogP contribution in [0.4, 0.5) is 23.2 Å². The monoisotopic (exact) mass is 502 g/mol. The average molecular weight is 503 g/mol. The van der Waals surface area contributed by atoms with Crippen molar-refractivity contribution in [2.75, 3.05) is 25.5 Å². The van der Waals surface area contributed by atoms with E-state index in [1.807, 2.05) is 13.8 Å². The number of rotatable bonds is 6. The van der Waals surface area contributed by atoms with E-state index in [-0.39, 0.29) is 48.2 Å². The third-order valence-electron chi connectivity index (χ3n) is 5.84. The Labute approximate surface area is 196 Å². The van der Waals surface area contributed by atoms with Crippen molar-refractivity contribution < 1.29 is 35.5 Å². The van der Waals surface area contributed by atoms with Crippen LogP contribution >= 0.6 is 0 Å². The molecule has 0 aliphatic carbocycles. The summed E-state index contributed by atoms with van der Waals surface area (Å²) in [6.45, 7) is 4.02. The van der Waals surface area contributed by atoms with Crippen LogP contribution in [-0.4, -0.2) is 38.8 Å². The van der Waals surface area contributed by atoms with Gasteiger partial charge in [-0.3, -0.25) is 4.79 Å². The third kappa shape index (κ3) is 5.52. The van der Waals surface area contributed by atoms with E-state index in [9.17, 15) is 30.8 Å². The molecule has 1 saturated heterocycles. The molecule has 1 heterocycles. The summed E-state index contributed by atoms with van der Waals surface area (Å²) < 4.78 is 85.3. The Kier molecular flexibility index (Phi) is 7.56. The average Bonchev–Trinajstić information content (AvgIpc) is 2.79.